The van der Waals surface area contributed by atoms with E-state index in [0.29, 0.717) is 17.5 Å². The molecule has 156 valence electrons. The number of amides is 1. The zero-order chi connectivity index (χ0) is 21.6. The molecule has 9 heteroatoms. The molecule has 0 spiro atoms. The minimum Gasteiger partial charge on any atom is -0.506 e. The Morgan fingerprint density at radius 1 is 1.07 bits per heavy atom. The van der Waals surface area contributed by atoms with Gasteiger partial charge in [-0.1, -0.05) is 31.2 Å². The highest BCUT2D eigenvalue weighted by Crippen LogP contribution is 2.44. The normalized spacial score (nSPS) is 11.2. The lowest BCUT2D eigenvalue weighted by Crippen LogP contribution is -2.19. The number of ether oxygens (including phenoxy) is 1. The van der Waals surface area contributed by atoms with Crippen LogP contribution in [0.1, 0.15) is 46.8 Å². The molecule has 0 heterocycles. The van der Waals surface area contributed by atoms with Gasteiger partial charge in [0.2, 0.25) is 0 Å². The number of aromatic hydroxyl groups is 1. The Kier molecular flexibility index (Phi) is 7.08. The topological polar surface area (TPSA) is 95.9 Å². The molecule has 0 bridgehead atoms. The molecule has 0 aromatic heterocycles. The minimum absolute atomic E-state index is 0.0220. The first-order chi connectivity index (χ1) is 13.6. The summed E-state index contributed by atoms with van der Waals surface area (Å²) in [6, 6.07) is 8.55. The lowest BCUT2D eigenvalue weighted by atomic mass is 10.0. The number of hydrogen-bond acceptors (Lipinski definition) is 4. The largest absolute Gasteiger partial charge is 0.506 e. The summed E-state index contributed by atoms with van der Waals surface area (Å²) in [5, 5.41) is 20.8. The Hall–Kier alpha value is -3.23. The number of alkyl halides is 3. The van der Waals surface area contributed by atoms with Gasteiger partial charge < -0.3 is 20.3 Å². The zero-order valence-electron chi connectivity index (χ0n) is 15.5. The number of carboxylic acid groups (broad SMARTS) is 1. The summed E-state index contributed by atoms with van der Waals surface area (Å²) in [5.74, 6) is -2.30. The summed E-state index contributed by atoms with van der Waals surface area (Å²) in [6.07, 6.45) is -5.61. The maximum atomic E-state index is 13.5. The van der Waals surface area contributed by atoms with Crippen LogP contribution in [0.2, 0.25) is 0 Å². The van der Waals surface area contributed by atoms with Crippen LogP contribution in [0.5, 0.6) is 11.5 Å². The van der Waals surface area contributed by atoms with Crippen LogP contribution in [0.3, 0.4) is 0 Å². The van der Waals surface area contributed by atoms with Gasteiger partial charge in [-0.05, 0) is 29.7 Å². The van der Waals surface area contributed by atoms with Crippen molar-refractivity contribution in [2.45, 2.75) is 39.1 Å². The van der Waals surface area contributed by atoms with Crippen LogP contribution < -0.4 is 10.1 Å². The third-order valence-corrected chi connectivity index (χ3v) is 4.06. The molecule has 1 amide bonds. The Bertz CT molecular complexity index is 879. The van der Waals surface area contributed by atoms with Crippen LogP contribution in [0, 0.1) is 0 Å². The van der Waals surface area contributed by atoms with Crippen LogP contribution >= 0.6 is 0 Å². The van der Waals surface area contributed by atoms with Crippen molar-refractivity contribution in [3.63, 3.8) is 0 Å². The Morgan fingerprint density at radius 3 is 2.24 bits per heavy atom. The molecular formula is C20H20F3NO5. The van der Waals surface area contributed by atoms with Crippen molar-refractivity contribution in [2.24, 2.45) is 0 Å². The van der Waals surface area contributed by atoms with E-state index in [1.54, 1.807) is 31.2 Å². The predicted molar refractivity (Wildman–Crippen MR) is 98.0 cm³/mol. The highest BCUT2D eigenvalue weighted by atomic mass is 19.4. The van der Waals surface area contributed by atoms with E-state index in [-0.39, 0.29) is 25.1 Å². The smallest absolute Gasteiger partial charge is 0.423 e. The number of hydrogen-bond donors (Lipinski definition) is 3. The van der Waals surface area contributed by atoms with Crippen LogP contribution in [0.25, 0.3) is 0 Å². The predicted octanol–water partition coefficient (Wildman–Crippen LogP) is 4.74. The number of carbonyl (C=O) groups excluding carboxylic acids is 1. The van der Waals surface area contributed by atoms with Crippen LogP contribution in [-0.4, -0.2) is 22.1 Å². The summed E-state index contributed by atoms with van der Waals surface area (Å²) in [6.45, 7) is 1.59. The molecule has 0 saturated heterocycles. The SMILES string of the molecule is CCCC(=O)c1ccc(OCc2ccc(CNC(=O)O)cc2)c(C(F)(F)F)c1O. The van der Waals surface area contributed by atoms with Crippen molar-refractivity contribution >= 4 is 11.9 Å². The molecule has 0 saturated carbocycles. The van der Waals surface area contributed by atoms with E-state index in [1.165, 1.54) is 0 Å². The average molecular weight is 411 g/mol. The summed E-state index contributed by atoms with van der Waals surface area (Å²) >= 11 is 0. The van der Waals surface area contributed by atoms with Crippen molar-refractivity contribution in [2.75, 3.05) is 0 Å². The molecule has 3 N–H and O–H groups in total. The maximum absolute atomic E-state index is 13.5. The first-order valence-corrected chi connectivity index (χ1v) is 8.77. The second-order valence-electron chi connectivity index (χ2n) is 6.27. The standard InChI is InChI=1S/C20H20F3NO5/c1-2-3-15(25)14-8-9-16(17(18(14)26)20(21,22)23)29-11-13-6-4-12(5-7-13)10-24-19(27)28/h4-9,24,26H,2-3,10-11H2,1H3,(H,27,28). The van der Waals surface area contributed by atoms with Gasteiger partial charge in [-0.25, -0.2) is 4.79 Å². The minimum atomic E-state index is -4.91. The van der Waals surface area contributed by atoms with Gasteiger partial charge in [-0.2, -0.15) is 13.2 Å². The lowest BCUT2D eigenvalue weighted by molar-refractivity contribution is -0.140. The van der Waals surface area contributed by atoms with Gasteiger partial charge in [-0.3, -0.25) is 4.79 Å². The Morgan fingerprint density at radius 2 is 1.69 bits per heavy atom. The number of halogens is 3. The quantitative estimate of drug-likeness (QED) is 0.546. The third-order valence-electron chi connectivity index (χ3n) is 4.06. The molecule has 0 aliphatic rings. The molecule has 2 aromatic carbocycles. The second kappa shape index (κ2) is 9.31. The van der Waals surface area contributed by atoms with Crippen LogP contribution in [-0.2, 0) is 19.3 Å². The monoisotopic (exact) mass is 411 g/mol. The highest BCUT2D eigenvalue weighted by Gasteiger charge is 2.39. The van der Waals surface area contributed by atoms with Crippen molar-refractivity contribution < 1.29 is 37.7 Å². The molecule has 0 unspecified atom stereocenters. The van der Waals surface area contributed by atoms with E-state index < -0.39 is 35.1 Å². The van der Waals surface area contributed by atoms with Gasteiger partial charge in [0.05, 0.1) is 5.56 Å². The van der Waals surface area contributed by atoms with Gasteiger partial charge >= 0.3 is 12.3 Å². The van der Waals surface area contributed by atoms with E-state index in [0.717, 1.165) is 12.1 Å². The van der Waals surface area contributed by atoms with Crippen molar-refractivity contribution in [3.05, 3.63) is 58.7 Å². The molecule has 0 aliphatic carbocycles. The molecule has 0 atom stereocenters. The number of phenolic OH excluding ortho intramolecular Hbond substituents is 1. The number of Topliss-reactive ketones (excluding diaryl/α,β-unsaturated/α-hetero) is 1. The first kappa shape index (κ1) is 22.1. The molecular weight excluding hydrogens is 391 g/mol. The molecule has 0 aliphatic heterocycles. The fourth-order valence-corrected chi connectivity index (χ4v) is 2.65. The second-order valence-corrected chi connectivity index (χ2v) is 6.27. The van der Waals surface area contributed by atoms with Crippen molar-refractivity contribution in [1.82, 2.24) is 5.32 Å². The number of rotatable bonds is 8. The van der Waals surface area contributed by atoms with Crippen LogP contribution in [0.4, 0.5) is 18.0 Å². The summed E-state index contributed by atoms with van der Waals surface area (Å²) in [4.78, 5) is 22.4. The highest BCUT2D eigenvalue weighted by molar-refractivity contribution is 5.99. The van der Waals surface area contributed by atoms with E-state index in [2.05, 4.69) is 5.32 Å². The van der Waals surface area contributed by atoms with E-state index >= 15 is 0 Å². The Balaban J connectivity index is 2.21. The Labute approximate surface area is 164 Å². The van der Waals surface area contributed by atoms with E-state index in [1.807, 2.05) is 0 Å². The van der Waals surface area contributed by atoms with Gasteiger partial charge in [0.15, 0.2) is 5.78 Å². The fraction of sp³-hybridized carbons (Fsp3) is 0.300. The van der Waals surface area contributed by atoms with Crippen molar-refractivity contribution in [3.8, 4) is 11.5 Å². The van der Waals surface area contributed by atoms with Crippen molar-refractivity contribution in [1.29, 1.82) is 0 Å². The first-order valence-electron chi connectivity index (χ1n) is 8.77. The average Bonchev–Trinajstić information content (AvgIpc) is 2.64. The summed E-state index contributed by atoms with van der Waals surface area (Å²) in [7, 11) is 0. The van der Waals surface area contributed by atoms with E-state index in [4.69, 9.17) is 9.84 Å². The van der Waals surface area contributed by atoms with Crippen LogP contribution in [0.15, 0.2) is 36.4 Å². The molecule has 2 aromatic rings. The molecule has 2 rings (SSSR count). The number of carbonyl (C=O) groups is 2. The molecule has 29 heavy (non-hydrogen) atoms. The fourth-order valence-electron chi connectivity index (χ4n) is 2.65. The number of benzene rings is 2. The van der Waals surface area contributed by atoms with Gasteiger partial charge in [0, 0.05) is 13.0 Å². The molecule has 0 fully saturated rings. The van der Waals surface area contributed by atoms with Gasteiger partial charge in [0.25, 0.3) is 0 Å². The summed E-state index contributed by atoms with van der Waals surface area (Å²) < 4.78 is 45.6. The molecule has 0 radical (unpaired) electrons. The number of phenols is 1. The number of ketones is 1. The third kappa shape index (κ3) is 5.87. The lowest BCUT2D eigenvalue weighted by Gasteiger charge is -2.17. The zero-order valence-corrected chi connectivity index (χ0v) is 15.5. The molecule has 6 nitrogen and oxygen atoms in total. The van der Waals surface area contributed by atoms with Gasteiger partial charge in [-0.15, -0.1) is 0 Å². The van der Waals surface area contributed by atoms with E-state index in [9.17, 15) is 27.9 Å². The maximum Gasteiger partial charge on any atom is 0.423 e. The summed E-state index contributed by atoms with van der Waals surface area (Å²) in [5.41, 5.74) is -0.560. The van der Waals surface area contributed by atoms with Gasteiger partial charge in [0.1, 0.15) is 23.7 Å². The number of nitrogens with one attached hydrogen (secondary N) is 1.